The maximum atomic E-state index is 14.5. The summed E-state index contributed by atoms with van der Waals surface area (Å²) in [6.45, 7) is 4.13. The first-order chi connectivity index (χ1) is 17.0. The first-order valence-electron chi connectivity index (χ1n) is 12.2. The number of rotatable bonds is 3. The second-order valence-electron chi connectivity index (χ2n) is 9.67. The van der Waals surface area contributed by atoms with Gasteiger partial charge in [0.1, 0.15) is 11.3 Å². The van der Waals surface area contributed by atoms with Crippen LogP contribution in [0.2, 0.25) is 0 Å². The van der Waals surface area contributed by atoms with Gasteiger partial charge in [-0.1, -0.05) is 66.2 Å². The number of amides is 1. The number of aromatic amines is 1. The third-order valence-corrected chi connectivity index (χ3v) is 7.87. The summed E-state index contributed by atoms with van der Waals surface area (Å²) in [6, 6.07) is 24.3. The van der Waals surface area contributed by atoms with Crippen molar-refractivity contribution in [1.29, 1.82) is 0 Å². The fourth-order valence-corrected chi connectivity index (χ4v) is 6.53. The first-order valence-corrected chi connectivity index (χ1v) is 12.2. The number of fused-ring (bicyclic) bond motifs is 5. The number of hydrogen-bond donors (Lipinski definition) is 1. The number of H-pyrrole nitrogens is 1. The molecule has 3 atom stereocenters. The van der Waals surface area contributed by atoms with Gasteiger partial charge in [-0.3, -0.25) is 9.59 Å². The quantitative estimate of drug-likeness (QED) is 0.414. The Labute approximate surface area is 204 Å². The van der Waals surface area contributed by atoms with Crippen molar-refractivity contribution in [2.45, 2.75) is 37.5 Å². The minimum atomic E-state index is -1.11. The number of ether oxygens (including phenoxy) is 1. The minimum absolute atomic E-state index is 0.0563. The van der Waals surface area contributed by atoms with E-state index in [1.54, 1.807) is 4.90 Å². The fraction of sp³-hybridized carbons (Fsp3) is 0.267. The Balaban J connectivity index is 1.75. The van der Waals surface area contributed by atoms with Crippen LogP contribution in [0.5, 0.6) is 0 Å². The molecule has 0 saturated heterocycles. The van der Waals surface area contributed by atoms with Gasteiger partial charge in [-0.2, -0.15) is 0 Å². The highest BCUT2D eigenvalue weighted by Crippen LogP contribution is 2.61. The maximum absolute atomic E-state index is 14.5. The van der Waals surface area contributed by atoms with Gasteiger partial charge in [-0.05, 0) is 49.1 Å². The van der Waals surface area contributed by atoms with Crippen LogP contribution < -0.4 is 4.90 Å². The summed E-state index contributed by atoms with van der Waals surface area (Å²) >= 11 is 0. The zero-order valence-electron chi connectivity index (χ0n) is 20.2. The highest BCUT2D eigenvalue weighted by molar-refractivity contribution is 6.13. The summed E-state index contributed by atoms with van der Waals surface area (Å²) in [5, 5.41) is 0.974. The number of carbonyl (C=O) groups excluding carboxylic acids is 2. The molecule has 35 heavy (non-hydrogen) atoms. The SMILES string of the molecule is CCOC(=O)[C@@H]1c2c([nH]c3ccccc23)C[C@@H](c2cccc(C)c2)[C@@]12C(=O)N(C)c1ccccc12. The van der Waals surface area contributed by atoms with Crippen LogP contribution in [0.4, 0.5) is 5.69 Å². The molecule has 1 aliphatic carbocycles. The van der Waals surface area contributed by atoms with E-state index in [-0.39, 0.29) is 24.4 Å². The van der Waals surface area contributed by atoms with Crippen LogP contribution in [-0.2, 0) is 26.2 Å². The number of benzene rings is 3. The van der Waals surface area contributed by atoms with Crippen LogP contribution in [0.3, 0.4) is 0 Å². The molecule has 0 unspecified atom stereocenters. The number of esters is 1. The highest BCUT2D eigenvalue weighted by atomic mass is 16.5. The topological polar surface area (TPSA) is 62.4 Å². The lowest BCUT2D eigenvalue weighted by molar-refractivity contribution is -0.150. The van der Waals surface area contributed by atoms with Gasteiger partial charge >= 0.3 is 5.97 Å². The lowest BCUT2D eigenvalue weighted by Gasteiger charge is -2.45. The number of para-hydroxylation sites is 2. The summed E-state index contributed by atoms with van der Waals surface area (Å²) in [5.74, 6) is -1.42. The van der Waals surface area contributed by atoms with Gasteiger partial charge in [-0.25, -0.2) is 0 Å². The molecule has 1 aromatic heterocycles. The van der Waals surface area contributed by atoms with Gasteiger partial charge in [-0.15, -0.1) is 0 Å². The molecular formula is C30H28N2O3. The van der Waals surface area contributed by atoms with Gasteiger partial charge in [0.25, 0.3) is 0 Å². The molecule has 1 N–H and O–H groups in total. The molecule has 2 aliphatic rings. The Morgan fingerprint density at radius 1 is 1.09 bits per heavy atom. The van der Waals surface area contributed by atoms with Crippen LogP contribution in [0.25, 0.3) is 10.9 Å². The average molecular weight is 465 g/mol. The molecule has 5 nitrogen and oxygen atoms in total. The molecular weight excluding hydrogens is 436 g/mol. The van der Waals surface area contributed by atoms with E-state index in [1.807, 2.05) is 68.6 Å². The molecule has 0 bridgehead atoms. The van der Waals surface area contributed by atoms with E-state index in [2.05, 4.69) is 30.1 Å². The van der Waals surface area contributed by atoms with Gasteiger partial charge in [0.2, 0.25) is 5.91 Å². The van der Waals surface area contributed by atoms with Crippen molar-refractivity contribution >= 4 is 28.5 Å². The summed E-state index contributed by atoms with van der Waals surface area (Å²) in [6.07, 6.45) is 0.622. The average Bonchev–Trinajstić information content (AvgIpc) is 3.34. The Bertz CT molecular complexity index is 1490. The maximum Gasteiger partial charge on any atom is 0.314 e. The Morgan fingerprint density at radius 3 is 2.66 bits per heavy atom. The minimum Gasteiger partial charge on any atom is -0.465 e. The molecule has 2 heterocycles. The van der Waals surface area contributed by atoms with Gasteiger partial charge in [0.05, 0.1) is 6.61 Å². The van der Waals surface area contributed by atoms with Crippen LogP contribution in [0, 0.1) is 6.92 Å². The second-order valence-corrected chi connectivity index (χ2v) is 9.67. The van der Waals surface area contributed by atoms with Crippen LogP contribution in [-0.4, -0.2) is 30.5 Å². The monoisotopic (exact) mass is 464 g/mol. The summed E-state index contributed by atoms with van der Waals surface area (Å²) in [4.78, 5) is 33.8. The molecule has 0 radical (unpaired) electrons. The van der Waals surface area contributed by atoms with E-state index >= 15 is 0 Å². The lowest BCUT2D eigenvalue weighted by atomic mass is 9.54. The van der Waals surface area contributed by atoms with E-state index in [4.69, 9.17) is 4.74 Å². The highest BCUT2D eigenvalue weighted by Gasteiger charge is 2.65. The molecule has 1 amide bonds. The van der Waals surface area contributed by atoms with Gasteiger partial charge in [0, 0.05) is 35.2 Å². The fourth-order valence-electron chi connectivity index (χ4n) is 6.53. The number of carbonyl (C=O) groups is 2. The molecule has 1 aliphatic heterocycles. The predicted molar refractivity (Wildman–Crippen MR) is 137 cm³/mol. The van der Waals surface area contributed by atoms with E-state index in [0.29, 0.717) is 6.42 Å². The predicted octanol–water partition coefficient (Wildman–Crippen LogP) is 5.38. The summed E-state index contributed by atoms with van der Waals surface area (Å²) in [5.41, 5.74) is 5.69. The lowest BCUT2D eigenvalue weighted by Crippen LogP contribution is -2.53. The number of aromatic nitrogens is 1. The zero-order chi connectivity index (χ0) is 24.3. The number of likely N-dealkylation sites (N-methyl/N-ethyl adjacent to an activating group) is 1. The molecule has 6 rings (SSSR count). The number of aryl methyl sites for hydroxylation is 1. The van der Waals surface area contributed by atoms with Crippen molar-refractivity contribution in [3.05, 3.63) is 101 Å². The second kappa shape index (κ2) is 7.84. The van der Waals surface area contributed by atoms with Crippen molar-refractivity contribution in [3.63, 3.8) is 0 Å². The van der Waals surface area contributed by atoms with E-state index in [1.165, 1.54) is 0 Å². The molecule has 4 aromatic rings. The van der Waals surface area contributed by atoms with Gasteiger partial charge < -0.3 is 14.6 Å². The van der Waals surface area contributed by atoms with Crippen LogP contribution >= 0.6 is 0 Å². The normalized spacial score (nSPS) is 22.9. The van der Waals surface area contributed by atoms with E-state index in [9.17, 15) is 9.59 Å². The third-order valence-electron chi connectivity index (χ3n) is 7.87. The van der Waals surface area contributed by atoms with Crippen molar-refractivity contribution < 1.29 is 14.3 Å². The first kappa shape index (κ1) is 21.7. The van der Waals surface area contributed by atoms with Crippen molar-refractivity contribution in [2.24, 2.45) is 0 Å². The number of nitrogens with zero attached hydrogens (tertiary/aromatic N) is 1. The molecule has 3 aromatic carbocycles. The molecule has 176 valence electrons. The van der Waals surface area contributed by atoms with Crippen LogP contribution in [0.15, 0.2) is 72.8 Å². The molecule has 0 saturated carbocycles. The number of hydrogen-bond acceptors (Lipinski definition) is 3. The Kier molecular flexibility index (Phi) is 4.85. The van der Waals surface area contributed by atoms with Crippen molar-refractivity contribution in [3.8, 4) is 0 Å². The van der Waals surface area contributed by atoms with E-state index in [0.717, 1.165) is 44.5 Å². The zero-order valence-corrected chi connectivity index (χ0v) is 20.2. The number of nitrogens with one attached hydrogen (secondary N) is 1. The number of anilines is 1. The molecule has 0 fully saturated rings. The van der Waals surface area contributed by atoms with Crippen LogP contribution in [0.1, 0.15) is 46.7 Å². The summed E-state index contributed by atoms with van der Waals surface area (Å²) < 4.78 is 5.73. The Morgan fingerprint density at radius 2 is 1.86 bits per heavy atom. The summed E-state index contributed by atoms with van der Waals surface area (Å²) in [7, 11) is 1.82. The molecule has 1 spiro atoms. The van der Waals surface area contributed by atoms with Gasteiger partial charge in [0.15, 0.2) is 0 Å². The standard InChI is InChI=1S/C30H28N2O3/c1-4-35-28(33)27-26-20-12-5-7-14-23(20)31-24(26)17-22(19-11-9-10-18(2)16-19)30(27)21-13-6-8-15-25(21)32(3)29(30)34/h5-16,22,27,31H,4,17H2,1-3H3/t22-,27-,30+/m0/s1. The molecule has 5 heteroatoms. The Hall–Kier alpha value is -3.86. The van der Waals surface area contributed by atoms with Crippen molar-refractivity contribution in [2.75, 3.05) is 18.6 Å². The van der Waals surface area contributed by atoms with Crippen molar-refractivity contribution in [1.82, 2.24) is 4.98 Å². The smallest absolute Gasteiger partial charge is 0.314 e. The van der Waals surface area contributed by atoms with E-state index < -0.39 is 11.3 Å². The third kappa shape index (κ3) is 2.87. The largest absolute Gasteiger partial charge is 0.465 e.